The van der Waals surface area contributed by atoms with Gasteiger partial charge in [0.2, 0.25) is 11.8 Å². The topological polar surface area (TPSA) is 58.0 Å². The molecule has 0 saturated carbocycles. The van der Waals surface area contributed by atoms with Gasteiger partial charge in [-0.15, -0.1) is 10.2 Å². The van der Waals surface area contributed by atoms with E-state index in [0.29, 0.717) is 30.2 Å². The molecular weight excluding hydrogens is 737 g/mol. The van der Waals surface area contributed by atoms with Gasteiger partial charge in [0.15, 0.2) is 0 Å². The van der Waals surface area contributed by atoms with Crippen molar-refractivity contribution in [2.75, 3.05) is 0 Å². The smallest absolute Gasteiger partial charge is 0.248 e. The minimum absolute atomic E-state index is 0.275. The SMILES string of the molecule is CC(C)C(CC(C)(C)C)c1ccc(COc2cccc(-c3nnc(-c4cc(-n5c6c(c7ccccc75)C=CCC6)cc(-n5c6ccccc6c6ccccc65)c4)o3)c2)cc1. The number of fused-ring (bicyclic) bond motifs is 6. The largest absolute Gasteiger partial charge is 0.489 e. The molecule has 0 spiro atoms. The fourth-order valence-electron chi connectivity index (χ4n) is 9.25. The van der Waals surface area contributed by atoms with Crippen LogP contribution in [0.2, 0.25) is 0 Å². The second-order valence-electron chi connectivity index (χ2n) is 17.8. The number of hydrogen-bond donors (Lipinski definition) is 0. The number of benzene rings is 6. The molecule has 6 aromatic carbocycles. The molecule has 60 heavy (non-hydrogen) atoms. The number of para-hydroxylation sites is 3. The Hall–Kier alpha value is -6.66. The molecule has 0 amide bonds. The first-order chi connectivity index (χ1) is 29.2. The lowest BCUT2D eigenvalue weighted by Crippen LogP contribution is -2.16. The third kappa shape index (κ3) is 7.00. The molecule has 1 unspecified atom stereocenters. The van der Waals surface area contributed by atoms with E-state index in [1.807, 2.05) is 24.3 Å². The van der Waals surface area contributed by atoms with Crippen LogP contribution in [0.1, 0.15) is 75.8 Å². The third-order valence-corrected chi connectivity index (χ3v) is 12.1. The van der Waals surface area contributed by atoms with Crippen LogP contribution < -0.4 is 4.74 Å². The molecule has 6 nitrogen and oxygen atoms in total. The first-order valence-corrected chi connectivity index (χ1v) is 21.3. The van der Waals surface area contributed by atoms with Crippen LogP contribution in [0.3, 0.4) is 0 Å². The highest BCUT2D eigenvalue weighted by atomic mass is 16.5. The van der Waals surface area contributed by atoms with Crippen LogP contribution in [0, 0.1) is 11.3 Å². The first-order valence-electron chi connectivity index (χ1n) is 21.3. The van der Waals surface area contributed by atoms with E-state index in [1.54, 1.807) is 0 Å². The minimum atomic E-state index is 0.275. The molecule has 10 rings (SSSR count). The van der Waals surface area contributed by atoms with Gasteiger partial charge in [-0.05, 0) is 102 Å². The van der Waals surface area contributed by atoms with Gasteiger partial charge in [-0.3, -0.25) is 0 Å². The highest BCUT2D eigenvalue weighted by Crippen LogP contribution is 2.40. The summed E-state index contributed by atoms with van der Waals surface area (Å²) in [4.78, 5) is 0. The minimum Gasteiger partial charge on any atom is -0.489 e. The first kappa shape index (κ1) is 37.6. The Morgan fingerprint density at radius 1 is 0.650 bits per heavy atom. The summed E-state index contributed by atoms with van der Waals surface area (Å²) in [6, 6.07) is 49.5. The lowest BCUT2D eigenvalue weighted by atomic mass is 9.76. The molecule has 0 bridgehead atoms. The van der Waals surface area contributed by atoms with Gasteiger partial charge in [-0.25, -0.2) is 0 Å². The Labute approximate surface area is 351 Å². The van der Waals surface area contributed by atoms with Gasteiger partial charge < -0.3 is 18.3 Å². The normalized spacial score (nSPS) is 13.4. The van der Waals surface area contributed by atoms with Crippen molar-refractivity contribution in [3.8, 4) is 40.0 Å². The lowest BCUT2D eigenvalue weighted by molar-refractivity contribution is 0.299. The van der Waals surface area contributed by atoms with Crippen LogP contribution in [0.4, 0.5) is 0 Å². The van der Waals surface area contributed by atoms with E-state index >= 15 is 0 Å². The van der Waals surface area contributed by atoms with E-state index in [1.165, 1.54) is 38.5 Å². The summed E-state index contributed by atoms with van der Waals surface area (Å²) in [6.45, 7) is 12.1. The Kier molecular flexibility index (Phi) is 9.51. The Morgan fingerprint density at radius 2 is 1.27 bits per heavy atom. The molecule has 298 valence electrons. The zero-order chi connectivity index (χ0) is 41.0. The maximum Gasteiger partial charge on any atom is 0.248 e. The van der Waals surface area contributed by atoms with Gasteiger partial charge in [0, 0.05) is 49.9 Å². The van der Waals surface area contributed by atoms with E-state index in [0.717, 1.165) is 64.1 Å². The molecule has 3 heterocycles. The predicted molar refractivity (Wildman–Crippen MR) is 246 cm³/mol. The molecule has 3 aromatic heterocycles. The molecule has 0 N–H and O–H groups in total. The predicted octanol–water partition coefficient (Wildman–Crippen LogP) is 14.2. The zero-order valence-electron chi connectivity index (χ0n) is 35.0. The summed E-state index contributed by atoms with van der Waals surface area (Å²) in [5.74, 6) is 2.74. The lowest BCUT2D eigenvalue weighted by Gasteiger charge is -2.29. The Bertz CT molecular complexity index is 2990. The second kappa shape index (κ2) is 15.2. The van der Waals surface area contributed by atoms with Crippen LogP contribution >= 0.6 is 0 Å². The summed E-state index contributed by atoms with van der Waals surface area (Å²) in [5, 5.41) is 12.9. The van der Waals surface area contributed by atoms with E-state index in [4.69, 9.17) is 9.15 Å². The molecule has 0 radical (unpaired) electrons. The van der Waals surface area contributed by atoms with Crippen molar-refractivity contribution in [1.82, 2.24) is 19.3 Å². The molecule has 6 heteroatoms. The molecule has 1 aliphatic carbocycles. The van der Waals surface area contributed by atoms with Gasteiger partial charge in [-0.1, -0.05) is 132 Å². The van der Waals surface area contributed by atoms with Crippen LogP contribution in [0.5, 0.6) is 5.75 Å². The van der Waals surface area contributed by atoms with Gasteiger partial charge in [-0.2, -0.15) is 0 Å². The Balaban J connectivity index is 1.01. The van der Waals surface area contributed by atoms with Crippen molar-refractivity contribution in [3.63, 3.8) is 0 Å². The number of allylic oxidation sites excluding steroid dienone is 1. The average molecular weight is 787 g/mol. The highest BCUT2D eigenvalue weighted by molar-refractivity contribution is 6.09. The number of hydrogen-bond acceptors (Lipinski definition) is 4. The van der Waals surface area contributed by atoms with Crippen LogP contribution in [0.25, 0.3) is 73.1 Å². The summed E-state index contributed by atoms with van der Waals surface area (Å²) in [5.41, 5.74) is 12.6. The van der Waals surface area contributed by atoms with Gasteiger partial charge in [0.1, 0.15) is 12.4 Å². The van der Waals surface area contributed by atoms with Crippen LogP contribution in [-0.2, 0) is 13.0 Å². The molecule has 9 aromatic rings. The van der Waals surface area contributed by atoms with Gasteiger partial charge in [0.05, 0.1) is 16.6 Å². The number of aromatic nitrogens is 4. The maximum atomic E-state index is 6.58. The highest BCUT2D eigenvalue weighted by Gasteiger charge is 2.24. The molecule has 0 fully saturated rings. The van der Waals surface area contributed by atoms with E-state index in [2.05, 4.69) is 181 Å². The number of rotatable bonds is 10. The van der Waals surface area contributed by atoms with E-state index in [-0.39, 0.29) is 5.41 Å². The molecule has 1 aliphatic rings. The van der Waals surface area contributed by atoms with Crippen molar-refractivity contribution in [3.05, 3.63) is 168 Å². The Morgan fingerprint density at radius 3 is 1.93 bits per heavy atom. The van der Waals surface area contributed by atoms with Crippen molar-refractivity contribution in [1.29, 1.82) is 0 Å². The van der Waals surface area contributed by atoms with Gasteiger partial charge >= 0.3 is 0 Å². The zero-order valence-corrected chi connectivity index (χ0v) is 35.0. The van der Waals surface area contributed by atoms with Crippen molar-refractivity contribution in [2.24, 2.45) is 11.3 Å². The standard InChI is InChI=1S/C54H50N4O2/c1-35(2)47(33-54(3,4)5)37-27-25-36(26-28-37)34-59-42-16-14-15-38(31-42)52-55-56-53(60-52)39-29-40(57-48-21-10-6-17-43(48)44-18-7-11-22-49(44)57)32-41(30-39)58-50-23-12-8-19-45(50)46-20-9-13-24-51(46)58/h6-12,14-23,25-32,35,47H,13,24,33-34H2,1-5H3. The molecule has 1 atom stereocenters. The van der Waals surface area contributed by atoms with E-state index in [9.17, 15) is 0 Å². The van der Waals surface area contributed by atoms with Crippen LogP contribution in [-0.4, -0.2) is 19.3 Å². The molecule has 0 aliphatic heterocycles. The second-order valence-corrected chi connectivity index (χ2v) is 17.8. The number of ether oxygens (including phenoxy) is 1. The fourth-order valence-corrected chi connectivity index (χ4v) is 9.25. The maximum absolute atomic E-state index is 6.58. The quantitative estimate of drug-likeness (QED) is 0.139. The molecule has 0 saturated heterocycles. The monoisotopic (exact) mass is 786 g/mol. The third-order valence-electron chi connectivity index (χ3n) is 12.1. The van der Waals surface area contributed by atoms with Crippen LogP contribution in [0.15, 0.2) is 150 Å². The summed E-state index contributed by atoms with van der Waals surface area (Å²) < 4.78 is 17.7. The van der Waals surface area contributed by atoms with Crippen molar-refractivity contribution in [2.45, 2.75) is 66.4 Å². The summed E-state index contributed by atoms with van der Waals surface area (Å²) >= 11 is 0. The number of nitrogens with zero attached hydrogens (tertiary/aromatic N) is 4. The van der Waals surface area contributed by atoms with Crippen molar-refractivity contribution >= 4 is 38.8 Å². The molecular formula is C54H50N4O2. The summed E-state index contributed by atoms with van der Waals surface area (Å²) in [6.07, 6.45) is 7.68. The summed E-state index contributed by atoms with van der Waals surface area (Å²) in [7, 11) is 0. The van der Waals surface area contributed by atoms with Gasteiger partial charge in [0.25, 0.3) is 0 Å². The average Bonchev–Trinajstić information content (AvgIpc) is 3.98. The fraction of sp³-hybridized carbons (Fsp3) is 0.222. The van der Waals surface area contributed by atoms with Crippen molar-refractivity contribution < 1.29 is 9.15 Å². The van der Waals surface area contributed by atoms with E-state index < -0.39 is 0 Å².